The maximum Gasteiger partial charge on any atom is 0.329 e. The first-order valence-corrected chi connectivity index (χ1v) is 6.65. The summed E-state index contributed by atoms with van der Waals surface area (Å²) in [6.45, 7) is 3.72. The van der Waals surface area contributed by atoms with Crippen molar-refractivity contribution in [2.24, 2.45) is 0 Å². The van der Waals surface area contributed by atoms with Gasteiger partial charge >= 0.3 is 5.97 Å². The summed E-state index contributed by atoms with van der Waals surface area (Å²) >= 11 is 3.39. The number of fused-ring (bicyclic) bond motifs is 1. The molecule has 0 bridgehead atoms. The predicted octanol–water partition coefficient (Wildman–Crippen LogP) is 3.40. The van der Waals surface area contributed by atoms with Crippen molar-refractivity contribution in [2.75, 3.05) is 0 Å². The number of imidazole rings is 1. The third-order valence-corrected chi connectivity index (χ3v) is 3.73. The molecule has 2 aromatic rings. The van der Waals surface area contributed by atoms with Gasteiger partial charge in [-0.05, 0) is 31.5 Å². The van der Waals surface area contributed by atoms with Crippen LogP contribution in [0.25, 0.3) is 11.0 Å². The molecular weight excluding hydrogens is 296 g/mol. The first kappa shape index (κ1) is 13.1. The summed E-state index contributed by atoms with van der Waals surface area (Å²) in [5, 5.41) is 9.49. The normalized spacial score (nSPS) is 14.6. The highest BCUT2D eigenvalue weighted by molar-refractivity contribution is 9.10. The van der Waals surface area contributed by atoms with Gasteiger partial charge < -0.3 is 9.67 Å². The monoisotopic (exact) mass is 310 g/mol. The zero-order chi connectivity index (χ0) is 13.3. The third-order valence-electron chi connectivity index (χ3n) is 3.24. The summed E-state index contributed by atoms with van der Waals surface area (Å²) in [6.07, 6.45) is 2.99. The molecule has 96 valence electrons. The highest BCUT2D eigenvalue weighted by atomic mass is 79.9. The minimum Gasteiger partial charge on any atom is -0.479 e. The van der Waals surface area contributed by atoms with Crippen LogP contribution in [0.2, 0.25) is 0 Å². The van der Waals surface area contributed by atoms with Crippen LogP contribution >= 0.6 is 15.9 Å². The van der Waals surface area contributed by atoms with Gasteiger partial charge in [-0.15, -0.1) is 0 Å². The molecule has 18 heavy (non-hydrogen) atoms. The van der Waals surface area contributed by atoms with Gasteiger partial charge in [-0.2, -0.15) is 0 Å². The molecule has 4 nitrogen and oxygen atoms in total. The van der Waals surface area contributed by atoms with Crippen LogP contribution in [-0.2, 0) is 10.3 Å². The summed E-state index contributed by atoms with van der Waals surface area (Å²) in [5.74, 6) is -0.827. The van der Waals surface area contributed by atoms with Crippen molar-refractivity contribution in [3.8, 4) is 0 Å². The van der Waals surface area contributed by atoms with Gasteiger partial charge in [0.1, 0.15) is 5.54 Å². The van der Waals surface area contributed by atoms with E-state index >= 15 is 0 Å². The van der Waals surface area contributed by atoms with Crippen LogP contribution in [0.1, 0.15) is 26.7 Å². The number of benzene rings is 1. The molecule has 5 heteroatoms. The third kappa shape index (κ3) is 2.03. The quantitative estimate of drug-likeness (QED) is 0.941. The van der Waals surface area contributed by atoms with Gasteiger partial charge in [-0.1, -0.05) is 29.3 Å². The molecule has 1 aromatic carbocycles. The minimum absolute atomic E-state index is 0.573. The van der Waals surface area contributed by atoms with Crippen LogP contribution in [0, 0.1) is 0 Å². The predicted molar refractivity (Wildman–Crippen MR) is 73.6 cm³/mol. The summed E-state index contributed by atoms with van der Waals surface area (Å²) in [4.78, 5) is 15.8. The summed E-state index contributed by atoms with van der Waals surface area (Å²) < 4.78 is 2.69. The Kier molecular flexibility index (Phi) is 3.43. The second-order valence-electron chi connectivity index (χ2n) is 4.58. The molecule has 0 fully saturated rings. The van der Waals surface area contributed by atoms with E-state index < -0.39 is 11.5 Å². The molecule has 1 N–H and O–H groups in total. The number of carboxylic acids is 1. The van der Waals surface area contributed by atoms with E-state index in [1.54, 1.807) is 17.8 Å². The largest absolute Gasteiger partial charge is 0.479 e. The minimum atomic E-state index is -0.947. The SMILES string of the molecule is CCCC(C)(C(=O)O)n1cnc2cc(Br)ccc21. The Morgan fingerprint density at radius 1 is 1.56 bits per heavy atom. The molecule has 1 aromatic heterocycles. The van der Waals surface area contributed by atoms with E-state index in [4.69, 9.17) is 0 Å². The lowest BCUT2D eigenvalue weighted by Crippen LogP contribution is -2.38. The van der Waals surface area contributed by atoms with Crippen LogP contribution in [0.3, 0.4) is 0 Å². The molecule has 0 saturated carbocycles. The Labute approximate surface area is 114 Å². The second-order valence-corrected chi connectivity index (χ2v) is 5.49. The molecule has 0 aliphatic heterocycles. The van der Waals surface area contributed by atoms with E-state index in [-0.39, 0.29) is 0 Å². The smallest absolute Gasteiger partial charge is 0.329 e. The highest BCUT2D eigenvalue weighted by Crippen LogP contribution is 2.28. The lowest BCUT2D eigenvalue weighted by molar-refractivity contribution is -0.146. The van der Waals surface area contributed by atoms with Gasteiger partial charge in [-0.3, -0.25) is 0 Å². The standard InChI is InChI=1S/C13H15BrN2O2/c1-3-6-13(2,12(17)18)16-8-15-10-7-9(14)4-5-11(10)16/h4-5,7-8H,3,6H2,1-2H3,(H,17,18). The Hall–Kier alpha value is -1.36. The fourth-order valence-electron chi connectivity index (χ4n) is 2.20. The average Bonchev–Trinajstić information content (AvgIpc) is 2.72. The van der Waals surface area contributed by atoms with E-state index in [2.05, 4.69) is 20.9 Å². The van der Waals surface area contributed by atoms with Crippen molar-refractivity contribution in [1.29, 1.82) is 0 Å². The number of hydrogen-bond acceptors (Lipinski definition) is 2. The summed E-state index contributed by atoms with van der Waals surface area (Å²) in [7, 11) is 0. The zero-order valence-corrected chi connectivity index (χ0v) is 11.9. The number of hydrogen-bond donors (Lipinski definition) is 1. The van der Waals surface area contributed by atoms with Gasteiger partial charge in [0.15, 0.2) is 0 Å². The summed E-state index contributed by atoms with van der Waals surface area (Å²) in [5.41, 5.74) is 0.696. The van der Waals surface area contributed by atoms with Crippen molar-refractivity contribution in [3.63, 3.8) is 0 Å². The van der Waals surface area contributed by atoms with Crippen molar-refractivity contribution in [3.05, 3.63) is 29.0 Å². The number of aromatic nitrogens is 2. The van der Waals surface area contributed by atoms with E-state index in [1.165, 1.54) is 0 Å². The topological polar surface area (TPSA) is 55.1 Å². The van der Waals surface area contributed by atoms with Crippen molar-refractivity contribution in [2.45, 2.75) is 32.2 Å². The fraction of sp³-hybridized carbons (Fsp3) is 0.385. The number of nitrogens with zero attached hydrogens (tertiary/aromatic N) is 2. The Morgan fingerprint density at radius 3 is 2.89 bits per heavy atom. The molecule has 0 aliphatic carbocycles. The molecule has 0 spiro atoms. The molecule has 1 heterocycles. The first-order chi connectivity index (χ1) is 8.49. The van der Waals surface area contributed by atoms with E-state index in [1.807, 2.05) is 25.1 Å². The van der Waals surface area contributed by atoms with E-state index in [0.29, 0.717) is 6.42 Å². The number of aliphatic carboxylic acids is 1. The fourth-order valence-corrected chi connectivity index (χ4v) is 2.55. The molecule has 0 saturated heterocycles. The van der Waals surface area contributed by atoms with Gasteiger partial charge in [-0.25, -0.2) is 9.78 Å². The number of rotatable bonds is 4. The lowest BCUT2D eigenvalue weighted by Gasteiger charge is -2.26. The van der Waals surface area contributed by atoms with Crippen molar-refractivity contribution < 1.29 is 9.90 Å². The molecule has 2 rings (SSSR count). The molecule has 0 amide bonds. The molecule has 0 radical (unpaired) electrons. The molecular formula is C13H15BrN2O2. The van der Waals surface area contributed by atoms with Gasteiger partial charge in [0.2, 0.25) is 0 Å². The number of halogens is 1. The second kappa shape index (κ2) is 4.72. The van der Waals surface area contributed by atoms with Crippen molar-refractivity contribution in [1.82, 2.24) is 9.55 Å². The average molecular weight is 311 g/mol. The van der Waals surface area contributed by atoms with Crippen LogP contribution in [0.15, 0.2) is 29.0 Å². The van der Waals surface area contributed by atoms with Crippen LogP contribution in [0.5, 0.6) is 0 Å². The maximum absolute atomic E-state index is 11.6. The Balaban J connectivity index is 2.62. The molecule has 1 atom stereocenters. The van der Waals surface area contributed by atoms with Crippen LogP contribution in [0.4, 0.5) is 0 Å². The zero-order valence-electron chi connectivity index (χ0n) is 10.4. The summed E-state index contributed by atoms with van der Waals surface area (Å²) in [6, 6.07) is 5.68. The van der Waals surface area contributed by atoms with Crippen LogP contribution < -0.4 is 0 Å². The van der Waals surface area contributed by atoms with Crippen molar-refractivity contribution >= 4 is 32.9 Å². The van der Waals surface area contributed by atoms with Crippen LogP contribution in [-0.4, -0.2) is 20.6 Å². The van der Waals surface area contributed by atoms with E-state index in [0.717, 1.165) is 21.9 Å². The number of carboxylic acid groups (broad SMARTS) is 1. The van der Waals surface area contributed by atoms with Gasteiger partial charge in [0.25, 0.3) is 0 Å². The Bertz CT molecular complexity index is 594. The number of carbonyl (C=O) groups is 1. The maximum atomic E-state index is 11.6. The van der Waals surface area contributed by atoms with Gasteiger partial charge in [0.05, 0.1) is 17.4 Å². The molecule has 1 unspecified atom stereocenters. The van der Waals surface area contributed by atoms with Gasteiger partial charge in [0, 0.05) is 4.47 Å². The first-order valence-electron chi connectivity index (χ1n) is 5.85. The van der Waals surface area contributed by atoms with E-state index in [9.17, 15) is 9.90 Å². The molecule has 0 aliphatic rings. The Morgan fingerprint density at radius 2 is 2.28 bits per heavy atom. The highest BCUT2D eigenvalue weighted by Gasteiger charge is 2.35. The lowest BCUT2D eigenvalue weighted by atomic mass is 9.96.